The van der Waals surface area contributed by atoms with Crippen molar-refractivity contribution < 1.29 is 24.5 Å². The molecule has 0 aromatic heterocycles. The fourth-order valence-corrected chi connectivity index (χ4v) is 1.97. The van der Waals surface area contributed by atoms with Gasteiger partial charge in [0.25, 0.3) is 0 Å². The van der Waals surface area contributed by atoms with Crippen molar-refractivity contribution in [3.8, 4) is 11.5 Å². The van der Waals surface area contributed by atoms with Crippen molar-refractivity contribution in [3.63, 3.8) is 0 Å². The van der Waals surface area contributed by atoms with E-state index in [1.165, 1.54) is 19.2 Å². The van der Waals surface area contributed by atoms with Gasteiger partial charge in [0, 0.05) is 5.22 Å². The molecule has 0 heterocycles. The predicted molar refractivity (Wildman–Crippen MR) is 79.8 cm³/mol. The molecule has 0 aliphatic heterocycles. The minimum atomic E-state index is -1.08. The van der Waals surface area contributed by atoms with Crippen LogP contribution in [0.4, 0.5) is 0 Å². The monoisotopic (exact) mass is 299 g/mol. The average Bonchev–Trinajstić information content (AvgIpc) is 2.54. The smallest absolute Gasteiger partial charge is 0.343 e. The van der Waals surface area contributed by atoms with E-state index in [4.69, 9.17) is 9.47 Å². The number of carbonyl (C=O) groups is 1. The molecule has 5 heteroatoms. The lowest BCUT2D eigenvalue weighted by atomic mass is 10.2. The number of aliphatic hydroxyl groups excluding tert-OH is 1. The van der Waals surface area contributed by atoms with E-state index in [9.17, 15) is 15.0 Å². The van der Waals surface area contributed by atoms with Gasteiger partial charge in [-0.25, -0.2) is 4.79 Å². The number of esters is 1. The minimum Gasteiger partial charge on any atom is -0.629 e. The van der Waals surface area contributed by atoms with Crippen LogP contribution in [0.3, 0.4) is 0 Å². The van der Waals surface area contributed by atoms with Crippen LogP contribution in [0.2, 0.25) is 0 Å². The third-order valence-corrected chi connectivity index (χ3v) is 3.09. The number of hydrogen-bond donors (Lipinski definition) is 1. The number of aliphatic hydroxyl groups is 1. The second-order valence-electron chi connectivity index (χ2n) is 4.44. The van der Waals surface area contributed by atoms with Crippen LogP contribution in [0.15, 0.2) is 42.5 Å². The van der Waals surface area contributed by atoms with Gasteiger partial charge in [0.2, 0.25) is 0 Å². The van der Waals surface area contributed by atoms with Gasteiger partial charge in [-0.15, -0.1) is 0 Å². The summed E-state index contributed by atoms with van der Waals surface area (Å²) in [7, 11) is 1.39. The van der Waals surface area contributed by atoms with E-state index in [1.807, 2.05) is 0 Å². The molecule has 5 nitrogen and oxygen atoms in total. The zero-order chi connectivity index (χ0) is 16.1. The van der Waals surface area contributed by atoms with Gasteiger partial charge in [-0.05, 0) is 36.4 Å². The lowest BCUT2D eigenvalue weighted by molar-refractivity contribution is -0.284. The zero-order valence-corrected chi connectivity index (χ0v) is 12.2. The molecule has 1 N–H and O–H groups in total. The number of rotatable bonds is 3. The molecular formula is C17H15O5-. The van der Waals surface area contributed by atoms with E-state index in [2.05, 4.69) is 0 Å². The van der Waals surface area contributed by atoms with Gasteiger partial charge >= 0.3 is 5.97 Å². The van der Waals surface area contributed by atoms with Gasteiger partial charge in [0.15, 0.2) is 11.5 Å². The summed E-state index contributed by atoms with van der Waals surface area (Å²) in [5, 5.41) is 20.9. The van der Waals surface area contributed by atoms with Crippen molar-refractivity contribution in [1.29, 1.82) is 0 Å². The van der Waals surface area contributed by atoms with E-state index in [1.54, 1.807) is 43.3 Å². The van der Waals surface area contributed by atoms with Crippen LogP contribution in [-0.4, -0.2) is 18.2 Å². The summed E-state index contributed by atoms with van der Waals surface area (Å²) < 4.78 is 10.4. The molecule has 0 amide bonds. The van der Waals surface area contributed by atoms with E-state index in [0.717, 1.165) is 0 Å². The Labute approximate surface area is 127 Å². The molecule has 0 bridgehead atoms. The Morgan fingerprint density at radius 2 is 1.86 bits per heavy atom. The molecule has 2 aromatic carbocycles. The van der Waals surface area contributed by atoms with Crippen LogP contribution >= 0.6 is 0 Å². The quantitative estimate of drug-likeness (QED) is 0.666. The van der Waals surface area contributed by atoms with Gasteiger partial charge in [-0.3, -0.25) is 0 Å². The number of carbonyl (C=O) groups excluding carboxylic acids is 1. The van der Waals surface area contributed by atoms with E-state index >= 15 is 0 Å². The van der Waals surface area contributed by atoms with Crippen molar-refractivity contribution in [1.82, 2.24) is 0 Å². The molecule has 114 valence electrons. The molecule has 2 aromatic rings. The number of ether oxygens (including phenoxy) is 2. The maximum atomic E-state index is 12.1. The second-order valence-corrected chi connectivity index (χ2v) is 4.44. The Morgan fingerprint density at radius 3 is 2.41 bits per heavy atom. The highest BCUT2D eigenvalue weighted by Crippen LogP contribution is 2.24. The maximum absolute atomic E-state index is 12.1. The molecule has 0 aliphatic carbocycles. The van der Waals surface area contributed by atoms with Crippen LogP contribution in [0.25, 0.3) is 12.0 Å². The maximum Gasteiger partial charge on any atom is 0.343 e. The van der Waals surface area contributed by atoms with Crippen LogP contribution in [0.5, 0.6) is 11.5 Å². The molecule has 0 radical (unpaired) electrons. The number of hydrogen-bond acceptors (Lipinski definition) is 5. The Morgan fingerprint density at radius 1 is 1.18 bits per heavy atom. The highest BCUT2D eigenvalue weighted by molar-refractivity contribution is 5.91. The third-order valence-electron chi connectivity index (χ3n) is 3.09. The number of methoxy groups -OCH3 is 1. The molecular weight excluding hydrogens is 284 g/mol. The Hall–Kier alpha value is -2.95. The van der Waals surface area contributed by atoms with Crippen LogP contribution in [-0.2, 0) is 0 Å². The fraction of sp³-hybridized carbons (Fsp3) is 0.118. The summed E-state index contributed by atoms with van der Waals surface area (Å²) in [5.41, 5.74) is 0.397. The lowest BCUT2D eigenvalue weighted by Crippen LogP contribution is -2.31. The van der Waals surface area contributed by atoms with Crippen LogP contribution < -0.4 is 25.0 Å². The molecule has 0 unspecified atom stereocenters. The normalized spacial score (nSPS) is 12.7. The summed E-state index contributed by atoms with van der Waals surface area (Å²) >= 11 is 0. The van der Waals surface area contributed by atoms with Crippen LogP contribution in [0, 0.1) is 0 Å². The SMILES string of the molecule is CC=c1cc(OC(=O)c2ccccc2)c(OC)cc1=C([O-])O. The van der Waals surface area contributed by atoms with Gasteiger partial charge in [-0.2, -0.15) is 0 Å². The predicted octanol–water partition coefficient (Wildman–Crippen LogP) is 0.699. The van der Waals surface area contributed by atoms with Crippen molar-refractivity contribution in [2.24, 2.45) is 0 Å². The fourth-order valence-electron chi connectivity index (χ4n) is 1.97. The van der Waals surface area contributed by atoms with Gasteiger partial charge < -0.3 is 19.7 Å². The molecule has 0 saturated heterocycles. The molecule has 0 atom stereocenters. The van der Waals surface area contributed by atoms with E-state index in [0.29, 0.717) is 10.8 Å². The Balaban J connectivity index is 2.48. The summed E-state index contributed by atoms with van der Waals surface area (Å²) in [4.78, 5) is 12.1. The third kappa shape index (κ3) is 3.20. The zero-order valence-electron chi connectivity index (χ0n) is 12.2. The van der Waals surface area contributed by atoms with Gasteiger partial charge in [-0.1, -0.05) is 24.3 Å². The highest BCUT2D eigenvalue weighted by Gasteiger charge is 2.12. The highest BCUT2D eigenvalue weighted by atomic mass is 16.6. The summed E-state index contributed by atoms with van der Waals surface area (Å²) in [5.74, 6) is -1.25. The average molecular weight is 299 g/mol. The largest absolute Gasteiger partial charge is 0.629 e. The molecule has 0 aliphatic rings. The van der Waals surface area contributed by atoms with Gasteiger partial charge in [0.05, 0.1) is 18.6 Å². The second kappa shape index (κ2) is 6.67. The summed E-state index contributed by atoms with van der Waals surface area (Å²) in [6, 6.07) is 11.3. The Bertz CT molecular complexity index is 790. The Kier molecular flexibility index (Phi) is 4.68. The van der Waals surface area contributed by atoms with Crippen molar-refractivity contribution >= 4 is 18.0 Å². The lowest BCUT2D eigenvalue weighted by Gasteiger charge is -2.11. The van der Waals surface area contributed by atoms with E-state index in [-0.39, 0.29) is 16.7 Å². The molecule has 22 heavy (non-hydrogen) atoms. The molecule has 2 rings (SSSR count). The number of benzene rings is 2. The van der Waals surface area contributed by atoms with Crippen molar-refractivity contribution in [2.75, 3.05) is 7.11 Å². The first kappa shape index (κ1) is 15.4. The first-order valence-electron chi connectivity index (χ1n) is 6.58. The minimum absolute atomic E-state index is 0.0823. The molecule has 0 saturated carbocycles. The molecule has 0 fully saturated rings. The van der Waals surface area contributed by atoms with Crippen molar-refractivity contribution in [2.45, 2.75) is 6.92 Å². The van der Waals surface area contributed by atoms with Crippen molar-refractivity contribution in [3.05, 3.63) is 58.5 Å². The molecule has 0 spiro atoms. The summed E-state index contributed by atoms with van der Waals surface area (Å²) in [6.45, 7) is 1.71. The van der Waals surface area contributed by atoms with E-state index < -0.39 is 11.9 Å². The first-order chi connectivity index (χ1) is 10.6. The topological polar surface area (TPSA) is 78.8 Å². The standard InChI is InChI=1S/C17H16O5/c1-3-11-9-15(14(21-2)10-13(11)16(18)19)22-17(20)12-7-5-4-6-8-12/h3-10,18-19H,1-2H3/p-1. The van der Waals surface area contributed by atoms with Crippen LogP contribution in [0.1, 0.15) is 17.3 Å². The van der Waals surface area contributed by atoms with Gasteiger partial charge in [0.1, 0.15) is 0 Å². The first-order valence-corrected chi connectivity index (χ1v) is 6.58. The summed E-state index contributed by atoms with van der Waals surface area (Å²) in [6.07, 6.45) is 1.63.